The van der Waals surface area contributed by atoms with E-state index in [0.29, 0.717) is 0 Å². The van der Waals surface area contributed by atoms with E-state index >= 15 is 0 Å². The lowest BCUT2D eigenvalue weighted by Gasteiger charge is -2.07. The first kappa shape index (κ1) is 12.5. The molecule has 0 unspecified atom stereocenters. The zero-order valence-corrected chi connectivity index (χ0v) is 9.68. The lowest BCUT2D eigenvalue weighted by Crippen LogP contribution is -2.08. The molecule has 0 bridgehead atoms. The number of nitrogens with zero attached hydrogens (tertiary/aromatic N) is 4. The molecule has 0 aliphatic carbocycles. The first-order valence-corrected chi connectivity index (χ1v) is 5.17. The van der Waals surface area contributed by atoms with E-state index < -0.39 is 10.6 Å². The molecule has 2 aromatic heterocycles. The second-order valence-corrected chi connectivity index (χ2v) is 3.53. The van der Waals surface area contributed by atoms with Crippen molar-refractivity contribution < 1.29 is 9.66 Å². The van der Waals surface area contributed by atoms with E-state index in [1.807, 2.05) is 0 Å². The Bertz CT molecular complexity index is 604. The van der Waals surface area contributed by atoms with Crippen molar-refractivity contribution in [2.24, 2.45) is 0 Å². The lowest BCUT2D eigenvalue weighted by atomic mass is 10.3. The molecule has 0 radical (unpaired) electrons. The number of hydrogen-bond donors (Lipinski definition) is 2. The molecule has 98 valence electrons. The van der Waals surface area contributed by atoms with Crippen molar-refractivity contribution in [2.75, 3.05) is 11.5 Å². The molecular formula is C10H10N6O3. The van der Waals surface area contributed by atoms with Gasteiger partial charge in [0.25, 0.3) is 0 Å². The van der Waals surface area contributed by atoms with Gasteiger partial charge in [0.15, 0.2) is 0 Å². The molecule has 0 saturated heterocycles. The Hall–Kier alpha value is -2.97. The number of nitro groups is 1. The van der Waals surface area contributed by atoms with E-state index in [1.165, 1.54) is 0 Å². The number of nitrogen functional groups attached to an aromatic ring is 2. The Morgan fingerprint density at radius 1 is 1.37 bits per heavy atom. The third kappa shape index (κ3) is 2.83. The topological polar surface area (TPSA) is 143 Å². The average molecular weight is 262 g/mol. The van der Waals surface area contributed by atoms with Crippen LogP contribution in [0.15, 0.2) is 24.5 Å². The van der Waals surface area contributed by atoms with Crippen molar-refractivity contribution in [1.29, 1.82) is 0 Å². The molecule has 0 aliphatic rings. The molecule has 0 aromatic carbocycles. The van der Waals surface area contributed by atoms with E-state index in [1.54, 1.807) is 24.5 Å². The molecule has 2 heterocycles. The van der Waals surface area contributed by atoms with Gasteiger partial charge in [0.1, 0.15) is 6.61 Å². The fourth-order valence-corrected chi connectivity index (χ4v) is 1.38. The second kappa shape index (κ2) is 5.12. The molecule has 9 heteroatoms. The van der Waals surface area contributed by atoms with Crippen LogP contribution in [0.25, 0.3) is 0 Å². The van der Waals surface area contributed by atoms with Crippen LogP contribution in [0.5, 0.6) is 5.88 Å². The molecule has 0 spiro atoms. The highest BCUT2D eigenvalue weighted by Gasteiger charge is 2.24. The third-order valence-corrected chi connectivity index (χ3v) is 2.18. The predicted molar refractivity (Wildman–Crippen MR) is 66.1 cm³/mol. The van der Waals surface area contributed by atoms with Crippen molar-refractivity contribution in [2.45, 2.75) is 6.61 Å². The summed E-state index contributed by atoms with van der Waals surface area (Å²) in [6, 6.07) is 3.47. The summed E-state index contributed by atoms with van der Waals surface area (Å²) in [5, 5.41) is 10.9. The Morgan fingerprint density at radius 2 is 2.16 bits per heavy atom. The van der Waals surface area contributed by atoms with Crippen molar-refractivity contribution in [3.05, 3.63) is 40.2 Å². The van der Waals surface area contributed by atoms with Crippen LogP contribution in [0.3, 0.4) is 0 Å². The quantitative estimate of drug-likeness (QED) is 0.599. The number of nitrogens with two attached hydrogens (primary N) is 2. The van der Waals surface area contributed by atoms with E-state index in [2.05, 4.69) is 15.0 Å². The van der Waals surface area contributed by atoms with Gasteiger partial charge in [-0.1, -0.05) is 6.07 Å². The molecule has 19 heavy (non-hydrogen) atoms. The molecule has 0 aliphatic heterocycles. The summed E-state index contributed by atoms with van der Waals surface area (Å²) >= 11 is 0. The van der Waals surface area contributed by atoms with Gasteiger partial charge in [-0.3, -0.25) is 15.1 Å². The number of ether oxygens (including phenoxy) is 1. The molecule has 2 aromatic rings. The van der Waals surface area contributed by atoms with Gasteiger partial charge in [-0.25, -0.2) is 0 Å². The number of anilines is 2. The maximum Gasteiger partial charge on any atom is 0.372 e. The maximum absolute atomic E-state index is 10.9. The molecule has 4 N–H and O–H groups in total. The second-order valence-electron chi connectivity index (χ2n) is 3.53. The molecule has 0 fully saturated rings. The summed E-state index contributed by atoms with van der Waals surface area (Å²) in [5.41, 5.74) is 11.0. The van der Waals surface area contributed by atoms with Gasteiger partial charge < -0.3 is 16.2 Å². The fourth-order valence-electron chi connectivity index (χ4n) is 1.38. The predicted octanol–water partition coefficient (Wildman–Crippen LogP) is 0.523. The Morgan fingerprint density at radius 3 is 2.79 bits per heavy atom. The largest absolute Gasteiger partial charge is 0.468 e. The minimum atomic E-state index is -0.715. The van der Waals surface area contributed by atoms with Crippen molar-refractivity contribution in [3.8, 4) is 5.88 Å². The first-order chi connectivity index (χ1) is 9.08. The van der Waals surface area contributed by atoms with Gasteiger partial charge in [-0.05, 0) is 6.07 Å². The van der Waals surface area contributed by atoms with Gasteiger partial charge in [0.2, 0.25) is 11.8 Å². The van der Waals surface area contributed by atoms with Gasteiger partial charge >= 0.3 is 11.6 Å². The number of hydrogen-bond acceptors (Lipinski definition) is 8. The molecule has 0 saturated carbocycles. The SMILES string of the molecule is Nc1nc(N)c([N+](=O)[O-])c(OCc2cccnc2)n1. The van der Waals surface area contributed by atoms with Crippen molar-refractivity contribution in [1.82, 2.24) is 15.0 Å². The van der Waals surface area contributed by atoms with Crippen LogP contribution in [-0.4, -0.2) is 19.9 Å². The summed E-state index contributed by atoms with van der Waals surface area (Å²) in [5.74, 6) is -0.790. The third-order valence-electron chi connectivity index (χ3n) is 2.18. The van der Waals surface area contributed by atoms with Crippen molar-refractivity contribution in [3.63, 3.8) is 0 Å². The van der Waals surface area contributed by atoms with Gasteiger partial charge in [-0.15, -0.1) is 0 Å². The van der Waals surface area contributed by atoms with E-state index in [4.69, 9.17) is 16.2 Å². The van der Waals surface area contributed by atoms with Gasteiger partial charge in [0, 0.05) is 18.0 Å². The average Bonchev–Trinajstić information content (AvgIpc) is 2.36. The van der Waals surface area contributed by atoms with Crippen LogP contribution >= 0.6 is 0 Å². The van der Waals surface area contributed by atoms with Crippen LogP contribution in [0.2, 0.25) is 0 Å². The van der Waals surface area contributed by atoms with Crippen LogP contribution in [0.4, 0.5) is 17.5 Å². The standard InChI is InChI=1S/C10H10N6O3/c11-8-7(16(17)18)9(15-10(12)14-8)19-5-6-2-1-3-13-4-6/h1-4H,5H2,(H4,11,12,14,15). The number of rotatable bonds is 4. The highest BCUT2D eigenvalue weighted by atomic mass is 16.6. The van der Waals surface area contributed by atoms with Crippen molar-refractivity contribution >= 4 is 17.5 Å². The summed E-state index contributed by atoms with van der Waals surface area (Å²) < 4.78 is 5.25. The van der Waals surface area contributed by atoms with E-state index in [-0.39, 0.29) is 24.3 Å². The summed E-state index contributed by atoms with van der Waals surface area (Å²) in [4.78, 5) is 21.2. The Kier molecular flexibility index (Phi) is 3.37. The zero-order chi connectivity index (χ0) is 13.8. The molecule has 0 amide bonds. The van der Waals surface area contributed by atoms with E-state index in [9.17, 15) is 10.1 Å². The molecular weight excluding hydrogens is 252 g/mol. The highest BCUT2D eigenvalue weighted by Crippen LogP contribution is 2.30. The Labute approximate surface area is 107 Å². The molecule has 2 rings (SSSR count). The Balaban J connectivity index is 2.27. The normalized spacial score (nSPS) is 10.1. The molecule has 9 nitrogen and oxygen atoms in total. The van der Waals surface area contributed by atoms with Crippen LogP contribution < -0.4 is 16.2 Å². The number of aromatic nitrogens is 3. The monoisotopic (exact) mass is 262 g/mol. The highest BCUT2D eigenvalue weighted by molar-refractivity contribution is 5.60. The number of pyridine rings is 1. The fraction of sp³-hybridized carbons (Fsp3) is 0.100. The minimum absolute atomic E-state index is 0.0601. The first-order valence-electron chi connectivity index (χ1n) is 5.17. The van der Waals surface area contributed by atoms with Crippen LogP contribution in [0, 0.1) is 10.1 Å². The summed E-state index contributed by atoms with van der Waals surface area (Å²) in [7, 11) is 0. The smallest absolute Gasteiger partial charge is 0.372 e. The summed E-state index contributed by atoms with van der Waals surface area (Å²) in [6.07, 6.45) is 3.17. The lowest BCUT2D eigenvalue weighted by molar-refractivity contribution is -0.385. The van der Waals surface area contributed by atoms with Gasteiger partial charge in [-0.2, -0.15) is 9.97 Å². The van der Waals surface area contributed by atoms with Crippen LogP contribution in [-0.2, 0) is 6.61 Å². The maximum atomic E-state index is 10.9. The summed E-state index contributed by atoms with van der Waals surface area (Å²) in [6.45, 7) is 0.0601. The van der Waals surface area contributed by atoms with Gasteiger partial charge in [0.05, 0.1) is 4.92 Å². The van der Waals surface area contributed by atoms with Crippen LogP contribution in [0.1, 0.15) is 5.56 Å². The van der Waals surface area contributed by atoms with E-state index in [0.717, 1.165) is 5.56 Å². The molecule has 0 atom stereocenters. The zero-order valence-electron chi connectivity index (χ0n) is 9.68. The minimum Gasteiger partial charge on any atom is -0.468 e.